The number of halogens is 3. The molecule has 1 aliphatic heterocycles. The molecule has 0 radical (unpaired) electrons. The number of benzene rings is 3. The average Bonchev–Trinajstić information content (AvgIpc) is 3.16. The summed E-state index contributed by atoms with van der Waals surface area (Å²) in [4.78, 5) is 15.9. The maximum absolute atomic E-state index is 13.5. The Morgan fingerprint density at radius 3 is 2.21 bits per heavy atom. The molecule has 1 fully saturated rings. The van der Waals surface area contributed by atoms with Crippen LogP contribution in [0, 0.1) is 0 Å². The monoisotopic (exact) mass is 551 g/mol. The number of nitrogens with zero attached hydrogens (tertiary/aromatic N) is 1. The highest BCUT2D eigenvalue weighted by molar-refractivity contribution is 7.88. The molecule has 1 aliphatic rings. The van der Waals surface area contributed by atoms with E-state index in [9.17, 15) is 26.4 Å². The van der Waals surface area contributed by atoms with Crippen LogP contribution in [-0.4, -0.2) is 58.0 Å². The Morgan fingerprint density at radius 1 is 0.921 bits per heavy atom. The molecule has 0 saturated carbocycles. The Morgan fingerprint density at radius 2 is 1.58 bits per heavy atom. The van der Waals surface area contributed by atoms with Crippen molar-refractivity contribution in [3.63, 3.8) is 0 Å². The number of carbonyl (C=O) groups is 1. The van der Waals surface area contributed by atoms with Gasteiger partial charge in [-0.15, -0.1) is 0 Å². The van der Waals surface area contributed by atoms with E-state index in [4.69, 9.17) is 9.47 Å². The van der Waals surface area contributed by atoms with Gasteiger partial charge in [-0.25, -0.2) is 0 Å². The zero-order valence-electron chi connectivity index (χ0n) is 20.8. The van der Waals surface area contributed by atoms with Gasteiger partial charge in [-0.3, -0.25) is 9.69 Å². The van der Waals surface area contributed by atoms with E-state index in [1.54, 1.807) is 18.2 Å². The first-order chi connectivity index (χ1) is 18.1. The Balaban J connectivity index is 1.59. The van der Waals surface area contributed by atoms with Gasteiger partial charge in [0.05, 0.1) is 12.7 Å². The third-order valence-corrected chi connectivity index (χ3v) is 7.36. The molecular formula is C27H28F3NO6S. The van der Waals surface area contributed by atoms with Gasteiger partial charge >= 0.3 is 15.6 Å². The highest BCUT2D eigenvalue weighted by Crippen LogP contribution is 2.36. The van der Waals surface area contributed by atoms with Gasteiger partial charge in [-0.2, -0.15) is 21.6 Å². The first-order valence-corrected chi connectivity index (χ1v) is 13.6. The Hall–Kier alpha value is -3.31. The van der Waals surface area contributed by atoms with Crippen molar-refractivity contribution < 1.29 is 40.0 Å². The van der Waals surface area contributed by atoms with Crippen LogP contribution in [0.1, 0.15) is 41.6 Å². The largest absolute Gasteiger partial charge is 0.534 e. The normalized spacial score (nSPS) is 15.2. The van der Waals surface area contributed by atoms with Crippen LogP contribution in [0.5, 0.6) is 17.2 Å². The van der Waals surface area contributed by atoms with Crippen molar-refractivity contribution in [2.24, 2.45) is 0 Å². The molecule has 0 spiro atoms. The predicted molar refractivity (Wildman–Crippen MR) is 136 cm³/mol. The van der Waals surface area contributed by atoms with Gasteiger partial charge in [0.25, 0.3) is 0 Å². The van der Waals surface area contributed by atoms with Crippen LogP contribution in [-0.2, 0) is 10.1 Å². The minimum Gasteiger partial charge on any atom is -0.497 e. The van der Waals surface area contributed by atoms with Crippen LogP contribution in [0.25, 0.3) is 10.8 Å². The highest BCUT2D eigenvalue weighted by Gasteiger charge is 2.49. The predicted octanol–water partition coefficient (Wildman–Crippen LogP) is 5.56. The van der Waals surface area contributed by atoms with Gasteiger partial charge in [0.1, 0.15) is 18.1 Å². The number of fused-ring (bicyclic) bond motifs is 1. The fraction of sp³-hybridized carbons (Fsp3) is 0.370. The van der Waals surface area contributed by atoms with Gasteiger partial charge in [-0.05, 0) is 85.2 Å². The molecule has 0 unspecified atom stereocenters. The number of alkyl halides is 3. The minimum atomic E-state index is -6.00. The second-order valence-corrected chi connectivity index (χ2v) is 10.5. The van der Waals surface area contributed by atoms with Crippen LogP contribution in [0.15, 0.2) is 54.6 Å². The number of methoxy groups -OCH3 is 1. The molecule has 4 rings (SSSR count). The quantitative estimate of drug-likeness (QED) is 0.196. The third-order valence-electron chi connectivity index (χ3n) is 6.39. The third kappa shape index (κ3) is 6.39. The zero-order chi connectivity index (χ0) is 27.3. The van der Waals surface area contributed by atoms with Crippen LogP contribution in [0.2, 0.25) is 0 Å². The van der Waals surface area contributed by atoms with Gasteiger partial charge in [0, 0.05) is 12.1 Å². The molecule has 0 bridgehead atoms. The maximum Gasteiger partial charge on any atom is 0.534 e. The van der Waals surface area contributed by atoms with Crippen molar-refractivity contribution in [2.45, 2.75) is 31.2 Å². The van der Waals surface area contributed by atoms with Gasteiger partial charge in [-0.1, -0.05) is 18.9 Å². The Labute approximate surface area is 219 Å². The molecule has 11 heteroatoms. The number of hydrogen-bond acceptors (Lipinski definition) is 7. The molecule has 3 aromatic carbocycles. The summed E-state index contributed by atoms with van der Waals surface area (Å²) in [5.41, 5.74) is -5.84. The first-order valence-electron chi connectivity index (χ1n) is 12.2. The smallest absolute Gasteiger partial charge is 0.497 e. The van der Waals surface area contributed by atoms with Crippen molar-refractivity contribution in [1.29, 1.82) is 0 Å². The lowest BCUT2D eigenvalue weighted by atomic mass is 9.96. The van der Waals surface area contributed by atoms with Crippen molar-refractivity contribution in [2.75, 3.05) is 33.4 Å². The Kier molecular flexibility index (Phi) is 8.47. The summed E-state index contributed by atoms with van der Waals surface area (Å²) in [7, 11) is -4.56. The molecule has 0 atom stereocenters. The van der Waals surface area contributed by atoms with Crippen LogP contribution < -0.4 is 13.7 Å². The molecule has 0 aromatic heterocycles. The van der Waals surface area contributed by atoms with E-state index in [1.807, 2.05) is 0 Å². The number of ether oxygens (including phenoxy) is 2. The SMILES string of the molecule is COc1ccc2c(C(=O)c3ccc(OCCN4CCCCCC4)cc3)c(OS(=O)(=O)C(F)(F)F)ccc2c1. The summed E-state index contributed by atoms with van der Waals surface area (Å²) in [6.07, 6.45) is 4.83. The number of rotatable bonds is 9. The lowest BCUT2D eigenvalue weighted by Crippen LogP contribution is -2.29. The molecule has 38 heavy (non-hydrogen) atoms. The summed E-state index contributed by atoms with van der Waals surface area (Å²) in [6.45, 7) is 3.35. The fourth-order valence-electron chi connectivity index (χ4n) is 4.38. The standard InChI is InChI=1S/C27H28F3NO6S/c1-35-22-11-12-23-20(18-22)8-13-24(37-38(33,34)27(28,29)30)25(23)26(32)19-6-9-21(10-7-19)36-17-16-31-14-4-2-3-5-15-31/h6-13,18H,2-5,14-17H2,1H3. The molecule has 3 aromatic rings. The van der Waals surface area contributed by atoms with Gasteiger partial charge in [0.2, 0.25) is 0 Å². The molecule has 7 nitrogen and oxygen atoms in total. The van der Waals surface area contributed by atoms with E-state index in [2.05, 4.69) is 9.08 Å². The van der Waals surface area contributed by atoms with Crippen LogP contribution in [0.4, 0.5) is 13.2 Å². The lowest BCUT2D eigenvalue weighted by Gasteiger charge is -2.19. The molecule has 0 N–H and O–H groups in total. The second-order valence-electron chi connectivity index (χ2n) is 8.97. The van der Waals surface area contributed by atoms with Crippen LogP contribution in [0.3, 0.4) is 0 Å². The van der Waals surface area contributed by atoms with Gasteiger partial charge < -0.3 is 13.7 Å². The molecule has 0 amide bonds. The fourth-order valence-corrected chi connectivity index (χ4v) is 4.85. The summed E-state index contributed by atoms with van der Waals surface area (Å²) in [6, 6.07) is 13.1. The van der Waals surface area contributed by atoms with E-state index in [-0.39, 0.29) is 16.5 Å². The highest BCUT2D eigenvalue weighted by atomic mass is 32.2. The molecule has 1 saturated heterocycles. The second kappa shape index (κ2) is 11.6. The van der Waals surface area contributed by atoms with Crippen molar-refractivity contribution >= 4 is 26.7 Å². The van der Waals surface area contributed by atoms with Crippen molar-refractivity contribution in [3.05, 3.63) is 65.7 Å². The zero-order valence-corrected chi connectivity index (χ0v) is 21.6. The molecule has 204 valence electrons. The number of ketones is 1. The topological polar surface area (TPSA) is 82.1 Å². The summed E-state index contributed by atoms with van der Waals surface area (Å²) in [5.74, 6) is -0.434. The Bertz CT molecular complexity index is 1380. The number of hydrogen-bond donors (Lipinski definition) is 0. The minimum absolute atomic E-state index is 0.127. The van der Waals surface area contributed by atoms with E-state index in [0.29, 0.717) is 23.5 Å². The average molecular weight is 552 g/mol. The molecule has 0 aliphatic carbocycles. The summed E-state index contributed by atoms with van der Waals surface area (Å²) in [5, 5.41) is 0.668. The summed E-state index contributed by atoms with van der Waals surface area (Å²) >= 11 is 0. The van der Waals surface area contributed by atoms with E-state index >= 15 is 0 Å². The van der Waals surface area contributed by atoms with Crippen molar-refractivity contribution in [3.8, 4) is 17.2 Å². The maximum atomic E-state index is 13.5. The first kappa shape index (κ1) is 27.7. The van der Waals surface area contributed by atoms with E-state index in [0.717, 1.165) is 25.7 Å². The van der Waals surface area contributed by atoms with E-state index in [1.165, 1.54) is 63.1 Å². The van der Waals surface area contributed by atoms with E-state index < -0.39 is 27.2 Å². The molecule has 1 heterocycles. The molecular weight excluding hydrogens is 523 g/mol. The van der Waals surface area contributed by atoms with Crippen molar-refractivity contribution in [1.82, 2.24) is 4.90 Å². The lowest BCUT2D eigenvalue weighted by molar-refractivity contribution is -0.0500. The van der Waals surface area contributed by atoms with Crippen LogP contribution >= 0.6 is 0 Å². The number of likely N-dealkylation sites (tertiary alicyclic amines) is 1. The number of carbonyl (C=O) groups excluding carboxylic acids is 1. The summed E-state index contributed by atoms with van der Waals surface area (Å²) < 4.78 is 78.0. The van der Waals surface area contributed by atoms with Gasteiger partial charge in [0.15, 0.2) is 11.5 Å².